The first kappa shape index (κ1) is 31.9. The quantitative estimate of drug-likeness (QED) is 0.168. The molecule has 44 heavy (non-hydrogen) atoms. The smallest absolute Gasteiger partial charge is 0.407 e. The number of aromatic amines is 1. The summed E-state index contributed by atoms with van der Waals surface area (Å²) >= 11 is 0. The third kappa shape index (κ3) is 7.86. The highest BCUT2D eigenvalue weighted by atomic mass is 19.1. The average molecular weight is 601 g/mol. The van der Waals surface area contributed by atoms with Crippen molar-refractivity contribution in [3.8, 4) is 22.9 Å². The Kier molecular flexibility index (Phi) is 9.79. The third-order valence-corrected chi connectivity index (χ3v) is 6.71. The number of carbonyl (C=O) groups is 2. The molecule has 0 aliphatic carbocycles. The third-order valence-electron chi connectivity index (χ3n) is 6.71. The molecule has 230 valence electrons. The van der Waals surface area contributed by atoms with E-state index in [4.69, 9.17) is 14.2 Å². The number of anilines is 1. The summed E-state index contributed by atoms with van der Waals surface area (Å²) in [7, 11) is 1.24. The second-order valence-electron chi connectivity index (χ2n) is 11.6. The molecule has 1 heterocycles. The largest absolute Gasteiger partial charge is 0.491 e. The summed E-state index contributed by atoms with van der Waals surface area (Å²) in [6, 6.07) is 17.3. The van der Waals surface area contributed by atoms with Crippen molar-refractivity contribution in [3.63, 3.8) is 0 Å². The molecule has 0 bridgehead atoms. The number of rotatable bonds is 10. The summed E-state index contributed by atoms with van der Waals surface area (Å²) in [4.78, 5) is 29.0. The number of hydrogen-bond donors (Lipinski definition) is 3. The molecule has 3 N–H and O–H groups in total. The number of alkyl carbamates (subject to hydrolysis) is 1. The van der Waals surface area contributed by atoms with Crippen LogP contribution in [-0.2, 0) is 15.9 Å². The van der Waals surface area contributed by atoms with E-state index < -0.39 is 35.6 Å². The molecule has 9 nitrogen and oxygen atoms in total. The number of H-pyrrole nitrogens is 1. The minimum atomic E-state index is -1.01. The van der Waals surface area contributed by atoms with Crippen LogP contribution in [0.4, 0.5) is 14.9 Å². The SMILES string of the molecule is COC(=O)c1cc(-c2cc(OC(C)C)ccc2F)ccc1NC(C#N)C(Cc1c[nH]c2ccccc12)NC(=O)OC(C)(C)C. The fourth-order valence-electron chi connectivity index (χ4n) is 4.83. The van der Waals surface area contributed by atoms with E-state index in [1.807, 2.05) is 44.3 Å². The molecule has 0 aliphatic heterocycles. The van der Waals surface area contributed by atoms with Gasteiger partial charge in [0.25, 0.3) is 0 Å². The molecule has 0 spiro atoms. The highest BCUT2D eigenvalue weighted by Gasteiger charge is 2.29. The zero-order valence-corrected chi connectivity index (χ0v) is 25.7. The van der Waals surface area contributed by atoms with Gasteiger partial charge in [0.1, 0.15) is 23.2 Å². The number of hydrogen-bond acceptors (Lipinski definition) is 7. The Morgan fingerprint density at radius 3 is 2.50 bits per heavy atom. The van der Waals surface area contributed by atoms with Gasteiger partial charge in [0.15, 0.2) is 0 Å². The van der Waals surface area contributed by atoms with Crippen LogP contribution in [0.25, 0.3) is 22.0 Å². The van der Waals surface area contributed by atoms with E-state index in [1.165, 1.54) is 19.2 Å². The fraction of sp³-hybridized carbons (Fsp3) is 0.324. The second kappa shape index (κ2) is 13.5. The number of benzene rings is 3. The number of carbonyl (C=O) groups excluding carboxylic acids is 2. The maximum atomic E-state index is 14.9. The predicted molar refractivity (Wildman–Crippen MR) is 167 cm³/mol. The Morgan fingerprint density at radius 2 is 1.82 bits per heavy atom. The van der Waals surface area contributed by atoms with Crippen molar-refractivity contribution in [1.29, 1.82) is 5.26 Å². The second-order valence-corrected chi connectivity index (χ2v) is 11.6. The number of nitrogens with zero attached hydrogens (tertiary/aromatic N) is 1. The topological polar surface area (TPSA) is 125 Å². The van der Waals surface area contributed by atoms with Gasteiger partial charge in [0.05, 0.1) is 30.9 Å². The van der Waals surface area contributed by atoms with Crippen LogP contribution >= 0.6 is 0 Å². The Labute approximate surface area is 256 Å². The van der Waals surface area contributed by atoms with Gasteiger partial charge in [-0.3, -0.25) is 0 Å². The number of ether oxygens (including phenoxy) is 3. The Hall–Kier alpha value is -5.04. The van der Waals surface area contributed by atoms with Crippen LogP contribution in [0, 0.1) is 17.1 Å². The Morgan fingerprint density at radius 1 is 1.07 bits per heavy atom. The molecule has 2 unspecified atom stereocenters. The summed E-state index contributed by atoms with van der Waals surface area (Å²) in [5.74, 6) is -0.696. The molecule has 1 amide bonds. The first-order valence-electron chi connectivity index (χ1n) is 14.3. The van der Waals surface area contributed by atoms with Crippen LogP contribution in [0.15, 0.2) is 66.9 Å². The van der Waals surface area contributed by atoms with Crippen molar-refractivity contribution in [2.45, 2.75) is 64.8 Å². The summed E-state index contributed by atoms with van der Waals surface area (Å²) in [6.45, 7) is 8.98. The maximum absolute atomic E-state index is 14.9. The van der Waals surface area contributed by atoms with Gasteiger partial charge in [-0.2, -0.15) is 5.26 Å². The number of para-hydroxylation sites is 1. The fourth-order valence-corrected chi connectivity index (χ4v) is 4.83. The highest BCUT2D eigenvalue weighted by Crippen LogP contribution is 2.32. The van der Waals surface area contributed by atoms with E-state index in [9.17, 15) is 19.2 Å². The van der Waals surface area contributed by atoms with Crippen molar-refractivity contribution in [2.75, 3.05) is 12.4 Å². The van der Waals surface area contributed by atoms with Crippen LogP contribution in [0.2, 0.25) is 0 Å². The van der Waals surface area contributed by atoms with E-state index in [0.29, 0.717) is 11.3 Å². The van der Waals surface area contributed by atoms with E-state index in [0.717, 1.165) is 16.5 Å². The average Bonchev–Trinajstić information content (AvgIpc) is 3.37. The number of nitriles is 1. The summed E-state index contributed by atoms with van der Waals surface area (Å²) < 4.78 is 31.2. The lowest BCUT2D eigenvalue weighted by molar-refractivity contribution is 0.0501. The number of fused-ring (bicyclic) bond motifs is 1. The van der Waals surface area contributed by atoms with Crippen LogP contribution < -0.4 is 15.4 Å². The van der Waals surface area contributed by atoms with Crippen molar-refractivity contribution < 1.29 is 28.2 Å². The first-order valence-corrected chi connectivity index (χ1v) is 14.3. The van der Waals surface area contributed by atoms with Gasteiger partial charge in [0, 0.05) is 28.4 Å². The highest BCUT2D eigenvalue weighted by molar-refractivity contribution is 5.97. The van der Waals surface area contributed by atoms with Crippen molar-refractivity contribution >= 4 is 28.7 Å². The van der Waals surface area contributed by atoms with Crippen molar-refractivity contribution in [2.24, 2.45) is 0 Å². The molecule has 10 heteroatoms. The molecule has 0 saturated heterocycles. The van der Waals surface area contributed by atoms with Gasteiger partial charge in [-0.25, -0.2) is 14.0 Å². The van der Waals surface area contributed by atoms with E-state index in [1.54, 1.807) is 45.0 Å². The number of halogens is 1. The molecule has 4 rings (SSSR count). The normalized spacial score (nSPS) is 12.7. The first-order chi connectivity index (χ1) is 20.9. The minimum Gasteiger partial charge on any atom is -0.491 e. The molecular weight excluding hydrogens is 563 g/mol. The van der Waals surface area contributed by atoms with Crippen molar-refractivity contribution in [3.05, 3.63) is 83.8 Å². The van der Waals surface area contributed by atoms with E-state index in [-0.39, 0.29) is 29.3 Å². The molecule has 0 radical (unpaired) electrons. The van der Waals surface area contributed by atoms with Gasteiger partial charge >= 0.3 is 12.1 Å². The lowest BCUT2D eigenvalue weighted by Gasteiger charge is -2.27. The van der Waals surface area contributed by atoms with Crippen LogP contribution in [0.1, 0.15) is 50.5 Å². The molecule has 0 aliphatic rings. The van der Waals surface area contributed by atoms with Gasteiger partial charge < -0.3 is 29.8 Å². The lowest BCUT2D eigenvalue weighted by atomic mass is 9.97. The van der Waals surface area contributed by atoms with Gasteiger partial charge in [-0.15, -0.1) is 0 Å². The monoisotopic (exact) mass is 600 g/mol. The molecule has 2 atom stereocenters. The molecule has 3 aromatic carbocycles. The lowest BCUT2D eigenvalue weighted by Crippen LogP contribution is -2.49. The molecule has 4 aromatic rings. The molecular formula is C34H37FN4O5. The maximum Gasteiger partial charge on any atom is 0.407 e. The van der Waals surface area contributed by atoms with Gasteiger partial charge in [-0.1, -0.05) is 24.3 Å². The molecule has 0 saturated carbocycles. The molecule has 0 fully saturated rings. The van der Waals surface area contributed by atoms with Gasteiger partial charge in [-0.05, 0) is 88.6 Å². The number of nitrogens with one attached hydrogen (secondary N) is 3. The van der Waals surface area contributed by atoms with E-state index >= 15 is 0 Å². The number of aromatic nitrogens is 1. The molecule has 1 aromatic heterocycles. The predicted octanol–water partition coefficient (Wildman–Crippen LogP) is 6.99. The Bertz CT molecular complexity index is 1690. The van der Waals surface area contributed by atoms with Crippen molar-refractivity contribution in [1.82, 2.24) is 10.3 Å². The number of esters is 1. The van der Waals surface area contributed by atoms with Crippen LogP contribution in [0.5, 0.6) is 5.75 Å². The summed E-state index contributed by atoms with van der Waals surface area (Å²) in [6.07, 6.45) is 1.31. The van der Waals surface area contributed by atoms with E-state index in [2.05, 4.69) is 21.7 Å². The Balaban J connectivity index is 1.70. The summed E-state index contributed by atoms with van der Waals surface area (Å²) in [5, 5.41) is 17.2. The zero-order valence-electron chi connectivity index (χ0n) is 25.7. The number of methoxy groups -OCH3 is 1. The minimum absolute atomic E-state index is 0.0861. The van der Waals surface area contributed by atoms with Crippen LogP contribution in [0.3, 0.4) is 0 Å². The zero-order chi connectivity index (χ0) is 32.0. The van der Waals surface area contributed by atoms with Gasteiger partial charge in [0.2, 0.25) is 0 Å². The van der Waals surface area contributed by atoms with Crippen LogP contribution in [-0.4, -0.2) is 47.9 Å². The standard InChI is InChI=1S/C34H37FN4O5/c1-20(2)43-23-12-13-27(35)25(17-23)21-11-14-29(26(15-21)32(40)42-6)38-31(18-36)30(39-33(41)44-34(3,4)5)16-22-19-37-28-10-8-7-9-24(22)28/h7-15,17,19-20,30-31,37-38H,16H2,1-6H3,(H,39,41). The summed E-state index contributed by atoms with van der Waals surface area (Å²) in [5.41, 5.74) is 2.05. The number of amides is 1.